The van der Waals surface area contributed by atoms with Crippen LogP contribution in [0.3, 0.4) is 0 Å². The van der Waals surface area contributed by atoms with E-state index in [4.69, 9.17) is 0 Å². The Morgan fingerprint density at radius 1 is 0.712 bits per heavy atom. The van der Waals surface area contributed by atoms with Crippen molar-refractivity contribution >= 4 is 68.0 Å². The number of aromatic nitrogens is 2. The van der Waals surface area contributed by atoms with E-state index in [0.717, 1.165) is 82.3 Å². The molecule has 6 fully saturated rings. The Hall–Kier alpha value is -5.74. The fourth-order valence-corrected chi connectivity index (χ4v) is 11.0. The number of piperidine rings is 1. The topological polar surface area (TPSA) is 115 Å². The van der Waals surface area contributed by atoms with Gasteiger partial charge < -0.3 is 31.1 Å². The van der Waals surface area contributed by atoms with E-state index in [1.54, 1.807) is 48.6 Å². The van der Waals surface area contributed by atoms with Crippen LogP contribution >= 0.6 is 0 Å². The predicted molar refractivity (Wildman–Crippen MR) is 281 cm³/mol. The van der Waals surface area contributed by atoms with E-state index in [0.29, 0.717) is 76.0 Å². The zero-order valence-electron chi connectivity index (χ0n) is 42.7. The number of nitrogens with one attached hydrogen (secondary N) is 4. The molecule has 73 heavy (non-hydrogen) atoms. The number of amides is 2. The van der Waals surface area contributed by atoms with Crippen molar-refractivity contribution in [2.45, 2.75) is 109 Å². The van der Waals surface area contributed by atoms with Gasteiger partial charge in [-0.15, -0.1) is 0 Å². The monoisotopic (exact) mass is 1010 g/mol. The second-order valence-electron chi connectivity index (χ2n) is 21.0. The Labute approximate surface area is 425 Å². The van der Waals surface area contributed by atoms with Crippen LogP contribution in [0.15, 0.2) is 73.8 Å². The molecule has 2 aromatic heterocycles. The van der Waals surface area contributed by atoms with Gasteiger partial charge >= 0.3 is 12.4 Å². The van der Waals surface area contributed by atoms with E-state index in [1.165, 1.54) is 6.42 Å². The summed E-state index contributed by atoms with van der Waals surface area (Å²) < 4.78 is 81.9. The molecule has 1 aliphatic heterocycles. The number of pyridine rings is 2. The number of carbonyl (C=O) groups excluding carboxylic acids is 2. The number of alkyl halides is 6. The first-order valence-electron chi connectivity index (χ1n) is 25.9. The zero-order chi connectivity index (χ0) is 52.4. The number of fused-ring (bicyclic) bond motifs is 4. The van der Waals surface area contributed by atoms with Crippen LogP contribution in [0, 0.1) is 29.1 Å². The fraction of sp³-hybridized carbons (Fsp3) is 0.509. The first-order chi connectivity index (χ1) is 34.8. The molecule has 10 rings (SSSR count). The average molecular weight is 1010 g/mol. The summed E-state index contributed by atoms with van der Waals surface area (Å²) in [6, 6.07) is 15.6. The molecule has 2 amide bonds. The molecule has 0 radical (unpaired) electrons. The molecule has 392 valence electrons. The summed E-state index contributed by atoms with van der Waals surface area (Å²) >= 11 is 0. The van der Waals surface area contributed by atoms with Crippen LogP contribution in [-0.4, -0.2) is 109 Å². The second-order valence-corrected chi connectivity index (χ2v) is 21.0. The maximum atomic E-state index is 13.7. The number of hydrogen-bond donors (Lipinski definition) is 4. The van der Waals surface area contributed by atoms with E-state index >= 15 is 0 Å². The van der Waals surface area contributed by atoms with Crippen molar-refractivity contribution in [3.05, 3.63) is 96.6 Å². The molecular weight excluding hydrogens is 943 g/mol. The van der Waals surface area contributed by atoms with E-state index in [9.17, 15) is 35.9 Å². The molecule has 5 aliphatic carbocycles. The number of benzene rings is 2. The van der Waals surface area contributed by atoms with Gasteiger partial charge in [-0.05, 0) is 152 Å². The van der Waals surface area contributed by atoms with Gasteiger partial charge in [0, 0.05) is 76.0 Å². The van der Waals surface area contributed by atoms with E-state index in [2.05, 4.69) is 75.3 Å². The molecule has 6 aliphatic rings. The van der Waals surface area contributed by atoms with E-state index in [1.807, 2.05) is 38.1 Å². The van der Waals surface area contributed by atoms with Crippen LogP contribution in [0.25, 0.3) is 44.8 Å². The third-order valence-electron chi connectivity index (χ3n) is 15.6. The van der Waals surface area contributed by atoms with Gasteiger partial charge in [-0.3, -0.25) is 9.59 Å². The average Bonchev–Trinajstić information content (AvgIpc) is 4.32. The Morgan fingerprint density at radius 2 is 1.19 bits per heavy atom. The predicted octanol–water partition coefficient (Wildman–Crippen LogP) is 11.8. The third kappa shape index (κ3) is 12.6. The first-order valence-corrected chi connectivity index (χ1v) is 25.9. The van der Waals surface area contributed by atoms with Crippen molar-refractivity contribution in [2.24, 2.45) is 29.1 Å². The summed E-state index contributed by atoms with van der Waals surface area (Å²) in [4.78, 5) is 37.0. The van der Waals surface area contributed by atoms with E-state index in [-0.39, 0.29) is 40.5 Å². The minimum absolute atomic E-state index is 0.0195. The largest absolute Gasteiger partial charge is 0.417 e. The summed E-state index contributed by atoms with van der Waals surface area (Å²) in [6.45, 7) is 13.4. The van der Waals surface area contributed by atoms with Gasteiger partial charge in [0.25, 0.3) is 0 Å². The first kappa shape index (κ1) is 53.5. The smallest absolute Gasteiger partial charge is 0.382 e. The third-order valence-corrected chi connectivity index (χ3v) is 15.6. The normalized spacial score (nSPS) is 23.3. The zero-order valence-corrected chi connectivity index (χ0v) is 42.7. The summed E-state index contributed by atoms with van der Waals surface area (Å²) in [5.74, 6) is 1.44. The molecule has 3 heterocycles. The van der Waals surface area contributed by atoms with Gasteiger partial charge in [-0.25, -0.2) is 9.97 Å². The Morgan fingerprint density at radius 3 is 1.62 bits per heavy atom. The number of allylic oxidation sites excluding steroid dienone is 2. The number of hydrogen-bond acceptors (Lipinski definition) is 8. The highest BCUT2D eigenvalue weighted by Gasteiger charge is 2.55. The quantitative estimate of drug-likeness (QED) is 0.0871. The van der Waals surface area contributed by atoms with Crippen molar-refractivity contribution in [2.75, 3.05) is 58.0 Å². The molecule has 4 N–H and O–H groups in total. The molecule has 10 nitrogen and oxygen atoms in total. The van der Waals surface area contributed by atoms with Crippen LogP contribution in [0.4, 0.5) is 37.7 Å². The molecule has 16 heteroatoms. The minimum atomic E-state index is -4.59. The Balaban J connectivity index is 0.000000189. The van der Waals surface area contributed by atoms with Crippen LogP contribution in [0.5, 0.6) is 0 Å². The van der Waals surface area contributed by atoms with Crippen LogP contribution in [-0.2, 0) is 9.59 Å². The second kappa shape index (κ2) is 22.0. The molecular formula is C57H70F6N8O2. The molecule has 1 spiro atoms. The highest BCUT2D eigenvalue weighted by atomic mass is 19.4. The summed E-state index contributed by atoms with van der Waals surface area (Å²) in [5.41, 5.74) is 0.473. The molecule has 4 aromatic rings. The van der Waals surface area contributed by atoms with Crippen molar-refractivity contribution in [3.8, 4) is 0 Å². The lowest BCUT2D eigenvalue weighted by Gasteiger charge is -2.33. The van der Waals surface area contributed by atoms with Crippen LogP contribution in [0.2, 0.25) is 0 Å². The number of rotatable bonds is 15. The maximum absolute atomic E-state index is 13.7. The molecule has 1 saturated heterocycles. The van der Waals surface area contributed by atoms with E-state index < -0.39 is 23.5 Å². The summed E-state index contributed by atoms with van der Waals surface area (Å²) in [6.07, 6.45) is 7.98. The fourth-order valence-electron chi connectivity index (χ4n) is 11.0. The van der Waals surface area contributed by atoms with Crippen molar-refractivity contribution in [1.82, 2.24) is 30.4 Å². The van der Waals surface area contributed by atoms with Gasteiger partial charge in [0.05, 0.1) is 33.9 Å². The van der Waals surface area contributed by atoms with Crippen molar-refractivity contribution in [3.63, 3.8) is 0 Å². The van der Waals surface area contributed by atoms with Crippen LogP contribution < -0.4 is 21.3 Å². The number of likely N-dealkylation sites (tertiary alicyclic amines) is 1. The Kier molecular flexibility index (Phi) is 16.1. The highest BCUT2D eigenvalue weighted by molar-refractivity contribution is 6.02. The number of anilines is 2. The van der Waals surface area contributed by atoms with Gasteiger partial charge in [-0.1, -0.05) is 63.4 Å². The number of nitrogens with zero attached hydrogens (tertiary/aromatic N) is 4. The number of carbonyl (C=O) groups is 2. The lowest BCUT2D eigenvalue weighted by molar-refractivity contribution is -0.122. The SMILES string of the molecule is C=C(c1nc(/C=C/CNC(=O)C2CC2)cc2c(NC3CC34CCN(C)CC4)cccc12)C(F)(F)F.C=C(c1nc(/C=C/CNC(=O)C2CC2)cc2c(NC3CC4CC3CC4N(C)C)cccc12)C(F)(F)F.CC. The van der Waals surface area contributed by atoms with Crippen molar-refractivity contribution in [1.29, 1.82) is 0 Å². The van der Waals surface area contributed by atoms with Gasteiger partial charge in [-0.2, -0.15) is 26.3 Å². The van der Waals surface area contributed by atoms with Gasteiger partial charge in [0.1, 0.15) is 0 Å². The summed E-state index contributed by atoms with van der Waals surface area (Å²) in [5, 5.41) is 15.2. The summed E-state index contributed by atoms with van der Waals surface area (Å²) in [7, 11) is 6.40. The standard InChI is InChI=1S/C28H33F3N4O.C27H31F3N4O.C2H6/c1-16(28(29,30)31)26-21-7-4-8-23(34-24-13-19-12-18(24)14-25(19)35(2)3)22(21)15-20(33-26)6-5-11-32-27(36)17-9-10-17;1-17(27(28,29)30)24-20-6-3-7-22(33-23-16-26(23)10-13-34(2)14-11-26)21(20)15-19(32-24)5-4-12-31-25(35)18-8-9-18;1-2/h4-8,15,17-19,24-25,34H,1,9-14H2,2-3H3,(H,32,36);3-7,15,18,23,33H,1,8-14,16H2,2H3,(H,31,35);1-2H3/b6-5+;5-4+;. The molecule has 2 bridgehead atoms. The molecule has 2 aromatic carbocycles. The number of halogens is 6. The molecule has 5 unspecified atom stereocenters. The minimum Gasteiger partial charge on any atom is -0.382 e. The highest BCUT2D eigenvalue weighted by Crippen LogP contribution is 2.55. The van der Waals surface area contributed by atoms with Gasteiger partial charge in [0.2, 0.25) is 11.8 Å². The maximum Gasteiger partial charge on any atom is 0.417 e. The lowest BCUT2D eigenvalue weighted by Crippen LogP contribution is -2.38. The van der Waals surface area contributed by atoms with Gasteiger partial charge in [0.15, 0.2) is 0 Å². The lowest BCUT2D eigenvalue weighted by atomic mass is 9.90. The molecule has 5 atom stereocenters. The van der Waals surface area contributed by atoms with Crippen LogP contribution in [0.1, 0.15) is 101 Å². The molecule has 5 saturated carbocycles. The Bertz CT molecular complexity index is 2750. The van der Waals surface area contributed by atoms with Crippen molar-refractivity contribution < 1.29 is 35.9 Å².